The molecule has 0 spiro atoms. The molecule has 15 heavy (non-hydrogen) atoms. The van der Waals surface area contributed by atoms with Crippen molar-refractivity contribution in [3.8, 4) is 0 Å². The molecule has 2 aromatic rings. The minimum atomic E-state index is 0.684. The van der Waals surface area contributed by atoms with Crippen LogP contribution in [0.5, 0.6) is 0 Å². The Balaban J connectivity index is 2.56. The Labute approximate surface area is 97.5 Å². The fourth-order valence-corrected chi connectivity index (χ4v) is 2.26. The van der Waals surface area contributed by atoms with Gasteiger partial charge in [0.05, 0.1) is 10.7 Å². The van der Waals surface area contributed by atoms with Crippen LogP contribution in [0.4, 0.5) is 5.69 Å². The molecule has 4 heteroatoms. The molecule has 78 valence electrons. The summed E-state index contributed by atoms with van der Waals surface area (Å²) in [5.74, 6) is 0. The highest BCUT2D eigenvalue weighted by Crippen LogP contribution is 2.23. The van der Waals surface area contributed by atoms with E-state index in [-0.39, 0.29) is 0 Å². The molecule has 0 aliphatic heterocycles. The molecule has 1 heterocycles. The summed E-state index contributed by atoms with van der Waals surface area (Å²) in [6, 6.07) is 7.60. The number of hydrogen-bond donors (Lipinski definition) is 0. The first-order chi connectivity index (χ1) is 7.18. The topological polar surface area (TPSA) is 17.3 Å². The monoisotopic (exact) mass is 238 g/mol. The van der Waals surface area contributed by atoms with Crippen LogP contribution in [0.25, 0.3) is 0 Å². The largest absolute Gasteiger partial charge is 0.324 e. The molecular formula is C11H11ClN2S. The Hall–Kier alpha value is -1.06. The SMILES string of the molecule is Cc1csc(=Nc2ccccc2Cl)n1C. The van der Waals surface area contributed by atoms with Gasteiger partial charge in [-0.2, -0.15) is 0 Å². The van der Waals surface area contributed by atoms with Gasteiger partial charge >= 0.3 is 0 Å². The van der Waals surface area contributed by atoms with Gasteiger partial charge in [-0.3, -0.25) is 0 Å². The zero-order valence-electron chi connectivity index (χ0n) is 8.57. The first-order valence-corrected chi connectivity index (χ1v) is 5.84. The van der Waals surface area contributed by atoms with Crippen molar-refractivity contribution in [1.82, 2.24) is 4.57 Å². The van der Waals surface area contributed by atoms with E-state index in [1.807, 2.05) is 35.9 Å². The number of hydrogen-bond acceptors (Lipinski definition) is 2. The van der Waals surface area contributed by atoms with Crippen molar-refractivity contribution in [2.45, 2.75) is 6.92 Å². The van der Waals surface area contributed by atoms with Crippen LogP contribution >= 0.6 is 22.9 Å². The minimum absolute atomic E-state index is 0.684. The highest BCUT2D eigenvalue weighted by atomic mass is 35.5. The fourth-order valence-electron chi connectivity index (χ4n) is 1.19. The van der Waals surface area contributed by atoms with Crippen LogP contribution in [0.2, 0.25) is 5.02 Å². The van der Waals surface area contributed by atoms with Crippen LogP contribution in [0, 0.1) is 6.92 Å². The molecule has 2 nitrogen and oxygen atoms in total. The van der Waals surface area contributed by atoms with Crippen LogP contribution < -0.4 is 4.80 Å². The van der Waals surface area contributed by atoms with Gasteiger partial charge in [0.1, 0.15) is 0 Å². The molecule has 0 saturated heterocycles. The summed E-state index contributed by atoms with van der Waals surface area (Å²) in [5, 5.41) is 2.76. The van der Waals surface area contributed by atoms with Gasteiger partial charge in [0.15, 0.2) is 4.80 Å². The maximum absolute atomic E-state index is 6.03. The number of aromatic nitrogens is 1. The highest BCUT2D eigenvalue weighted by molar-refractivity contribution is 7.07. The van der Waals surface area contributed by atoms with Gasteiger partial charge in [0.2, 0.25) is 0 Å². The second kappa shape index (κ2) is 4.21. The Morgan fingerprint density at radius 2 is 2.07 bits per heavy atom. The third kappa shape index (κ3) is 2.13. The van der Waals surface area contributed by atoms with Crippen molar-refractivity contribution in [2.24, 2.45) is 12.0 Å². The maximum atomic E-state index is 6.03. The summed E-state index contributed by atoms with van der Waals surface area (Å²) >= 11 is 7.65. The summed E-state index contributed by atoms with van der Waals surface area (Å²) in [5.41, 5.74) is 2.02. The molecule has 0 amide bonds. The second-order valence-electron chi connectivity index (χ2n) is 3.28. The van der Waals surface area contributed by atoms with Crippen molar-refractivity contribution >= 4 is 28.6 Å². The Morgan fingerprint density at radius 3 is 2.67 bits per heavy atom. The van der Waals surface area contributed by atoms with Gasteiger partial charge in [-0.05, 0) is 19.1 Å². The number of para-hydroxylation sites is 1. The van der Waals surface area contributed by atoms with Crippen LogP contribution in [-0.4, -0.2) is 4.57 Å². The van der Waals surface area contributed by atoms with E-state index in [4.69, 9.17) is 11.6 Å². The van der Waals surface area contributed by atoms with Gasteiger partial charge in [0, 0.05) is 18.1 Å². The third-order valence-corrected chi connectivity index (χ3v) is 3.57. The molecule has 0 bridgehead atoms. The standard InChI is InChI=1S/C11H11ClN2S/c1-8-7-15-11(14(8)2)13-10-6-4-3-5-9(10)12/h3-7H,1-2H3. The molecule has 0 fully saturated rings. The second-order valence-corrected chi connectivity index (χ2v) is 4.53. The van der Waals surface area contributed by atoms with E-state index in [0.717, 1.165) is 10.5 Å². The summed E-state index contributed by atoms with van der Waals surface area (Å²) in [7, 11) is 2.00. The predicted octanol–water partition coefficient (Wildman–Crippen LogP) is 3.28. The first kappa shape index (κ1) is 10.5. The summed E-state index contributed by atoms with van der Waals surface area (Å²) in [4.78, 5) is 5.47. The third-order valence-electron chi connectivity index (χ3n) is 2.22. The van der Waals surface area contributed by atoms with Gasteiger partial charge in [-0.1, -0.05) is 23.7 Å². The highest BCUT2D eigenvalue weighted by Gasteiger charge is 1.98. The lowest BCUT2D eigenvalue weighted by atomic mass is 10.3. The molecule has 1 aromatic carbocycles. The fraction of sp³-hybridized carbons (Fsp3) is 0.182. The molecule has 0 radical (unpaired) electrons. The van der Waals surface area contributed by atoms with E-state index in [2.05, 4.69) is 17.3 Å². The summed E-state index contributed by atoms with van der Waals surface area (Å²) in [6.45, 7) is 2.06. The number of benzene rings is 1. The average molecular weight is 239 g/mol. The van der Waals surface area contributed by atoms with E-state index < -0.39 is 0 Å². The van der Waals surface area contributed by atoms with Crippen molar-refractivity contribution < 1.29 is 0 Å². The molecule has 2 rings (SSSR count). The Kier molecular flexibility index (Phi) is 2.93. The van der Waals surface area contributed by atoms with Crippen molar-refractivity contribution in [3.63, 3.8) is 0 Å². The minimum Gasteiger partial charge on any atom is -0.324 e. The van der Waals surface area contributed by atoms with E-state index >= 15 is 0 Å². The van der Waals surface area contributed by atoms with Crippen molar-refractivity contribution in [2.75, 3.05) is 0 Å². The smallest absolute Gasteiger partial charge is 0.189 e. The van der Waals surface area contributed by atoms with E-state index in [1.54, 1.807) is 11.3 Å². The molecule has 0 aliphatic carbocycles. The molecule has 0 unspecified atom stereocenters. The van der Waals surface area contributed by atoms with Crippen molar-refractivity contribution in [3.05, 3.63) is 45.2 Å². The molecule has 0 atom stereocenters. The van der Waals surface area contributed by atoms with E-state index in [1.165, 1.54) is 5.69 Å². The van der Waals surface area contributed by atoms with Crippen LogP contribution in [0.15, 0.2) is 34.6 Å². The predicted molar refractivity (Wildman–Crippen MR) is 64.7 cm³/mol. The van der Waals surface area contributed by atoms with Crippen LogP contribution in [0.3, 0.4) is 0 Å². The number of rotatable bonds is 1. The lowest BCUT2D eigenvalue weighted by Crippen LogP contribution is -2.10. The average Bonchev–Trinajstić information content (AvgIpc) is 2.53. The Bertz CT molecular complexity index is 540. The lowest BCUT2D eigenvalue weighted by Gasteiger charge is -1.97. The van der Waals surface area contributed by atoms with Crippen molar-refractivity contribution in [1.29, 1.82) is 0 Å². The van der Waals surface area contributed by atoms with E-state index in [0.29, 0.717) is 5.02 Å². The van der Waals surface area contributed by atoms with E-state index in [9.17, 15) is 0 Å². The number of aryl methyl sites for hydroxylation is 1. The van der Waals surface area contributed by atoms with Gasteiger partial charge in [-0.25, -0.2) is 4.99 Å². The zero-order valence-corrected chi connectivity index (χ0v) is 10.1. The molecule has 0 saturated carbocycles. The maximum Gasteiger partial charge on any atom is 0.189 e. The molecule has 0 N–H and O–H groups in total. The summed E-state index contributed by atoms with van der Waals surface area (Å²) < 4.78 is 2.05. The number of thiazole rings is 1. The van der Waals surface area contributed by atoms with Gasteiger partial charge in [0.25, 0.3) is 0 Å². The molecular weight excluding hydrogens is 228 g/mol. The normalized spacial score (nSPS) is 12.1. The first-order valence-electron chi connectivity index (χ1n) is 4.59. The molecule has 0 aliphatic rings. The van der Waals surface area contributed by atoms with Gasteiger partial charge in [-0.15, -0.1) is 11.3 Å². The van der Waals surface area contributed by atoms with Gasteiger partial charge < -0.3 is 4.57 Å². The molecule has 1 aromatic heterocycles. The number of halogens is 1. The quantitative estimate of drug-likeness (QED) is 0.726. The Morgan fingerprint density at radius 1 is 1.33 bits per heavy atom. The number of nitrogens with zero attached hydrogens (tertiary/aromatic N) is 2. The van der Waals surface area contributed by atoms with Crippen LogP contribution in [0.1, 0.15) is 5.69 Å². The zero-order chi connectivity index (χ0) is 10.8. The summed E-state index contributed by atoms with van der Waals surface area (Å²) in [6.07, 6.45) is 0. The van der Waals surface area contributed by atoms with Crippen LogP contribution in [-0.2, 0) is 7.05 Å². The lowest BCUT2D eigenvalue weighted by molar-refractivity contribution is 0.835.